The first-order chi connectivity index (χ1) is 9.99. The third-order valence-corrected chi connectivity index (χ3v) is 3.67. The van der Waals surface area contributed by atoms with Crippen molar-refractivity contribution in [2.24, 2.45) is 0 Å². The fourth-order valence-electron chi connectivity index (χ4n) is 1.45. The van der Waals surface area contributed by atoms with Crippen molar-refractivity contribution in [3.8, 4) is 23.0 Å². The van der Waals surface area contributed by atoms with Gasteiger partial charge in [0, 0.05) is 0 Å². The topological polar surface area (TPSA) is 65.0 Å². The molecule has 0 aliphatic carbocycles. The van der Waals surface area contributed by atoms with Gasteiger partial charge in [0.05, 0.1) is 16.1 Å². The summed E-state index contributed by atoms with van der Waals surface area (Å²) in [5, 5.41) is 9.43. The van der Waals surface area contributed by atoms with Crippen molar-refractivity contribution in [1.82, 2.24) is 0 Å². The first-order valence-corrected chi connectivity index (χ1v) is 7.30. The summed E-state index contributed by atoms with van der Waals surface area (Å²) in [6, 6.07) is 9.66. The number of methoxy groups -OCH3 is 1. The summed E-state index contributed by atoms with van der Waals surface area (Å²) < 4.78 is 16.1. The van der Waals surface area contributed by atoms with Gasteiger partial charge in [0.1, 0.15) is 23.0 Å². The highest BCUT2D eigenvalue weighted by Crippen LogP contribution is 2.34. The van der Waals surface area contributed by atoms with E-state index in [0.29, 0.717) is 26.2 Å². The SMILES string of the molecule is COC(=O)Oc1ccc(Oc2ccc(O)c(Br)c2)cc1Br. The van der Waals surface area contributed by atoms with E-state index in [4.69, 9.17) is 9.47 Å². The highest BCUT2D eigenvalue weighted by molar-refractivity contribution is 9.10. The second-order valence-electron chi connectivity index (χ2n) is 3.86. The molecule has 0 saturated carbocycles. The second-order valence-corrected chi connectivity index (χ2v) is 5.57. The van der Waals surface area contributed by atoms with Gasteiger partial charge < -0.3 is 19.3 Å². The number of hydrogen-bond acceptors (Lipinski definition) is 5. The van der Waals surface area contributed by atoms with Crippen LogP contribution in [0.15, 0.2) is 45.3 Å². The van der Waals surface area contributed by atoms with Gasteiger partial charge in [0.25, 0.3) is 0 Å². The van der Waals surface area contributed by atoms with Gasteiger partial charge in [-0.15, -0.1) is 0 Å². The Labute approximate surface area is 137 Å². The molecule has 0 saturated heterocycles. The molecule has 0 aromatic heterocycles. The second kappa shape index (κ2) is 6.82. The third kappa shape index (κ3) is 4.12. The Morgan fingerprint density at radius 1 is 1.05 bits per heavy atom. The van der Waals surface area contributed by atoms with Gasteiger partial charge in [-0.1, -0.05) is 0 Å². The van der Waals surface area contributed by atoms with Crippen LogP contribution in [0, 0.1) is 0 Å². The van der Waals surface area contributed by atoms with Gasteiger partial charge in [-0.05, 0) is 68.3 Å². The van der Waals surface area contributed by atoms with Gasteiger partial charge >= 0.3 is 6.16 Å². The number of carbonyl (C=O) groups is 1. The number of halogens is 2. The summed E-state index contributed by atoms with van der Waals surface area (Å²) in [6.45, 7) is 0. The van der Waals surface area contributed by atoms with E-state index in [-0.39, 0.29) is 5.75 Å². The molecule has 2 aromatic carbocycles. The van der Waals surface area contributed by atoms with Gasteiger partial charge in [0.15, 0.2) is 0 Å². The summed E-state index contributed by atoms with van der Waals surface area (Å²) in [7, 11) is 1.23. The molecule has 0 spiro atoms. The number of aromatic hydroxyl groups is 1. The highest BCUT2D eigenvalue weighted by Gasteiger charge is 2.10. The fraction of sp³-hybridized carbons (Fsp3) is 0.0714. The maximum Gasteiger partial charge on any atom is 0.513 e. The number of phenolic OH excluding ortho intramolecular Hbond substituents is 1. The monoisotopic (exact) mass is 416 g/mol. The van der Waals surface area contributed by atoms with Crippen molar-refractivity contribution in [2.45, 2.75) is 0 Å². The normalized spacial score (nSPS) is 10.0. The average molecular weight is 418 g/mol. The van der Waals surface area contributed by atoms with Crippen molar-refractivity contribution in [2.75, 3.05) is 7.11 Å². The third-order valence-electron chi connectivity index (χ3n) is 2.42. The van der Waals surface area contributed by atoms with Gasteiger partial charge in [-0.3, -0.25) is 0 Å². The van der Waals surface area contributed by atoms with E-state index in [1.165, 1.54) is 13.2 Å². The largest absolute Gasteiger partial charge is 0.513 e. The predicted molar refractivity (Wildman–Crippen MR) is 83.1 cm³/mol. The predicted octanol–water partition coefficient (Wildman–Crippen LogP) is 4.85. The molecule has 0 atom stereocenters. The molecule has 2 rings (SSSR count). The van der Waals surface area contributed by atoms with Crippen LogP contribution in [0.1, 0.15) is 0 Å². The summed E-state index contributed by atoms with van der Waals surface area (Å²) in [5.74, 6) is 1.54. The first kappa shape index (κ1) is 15.7. The lowest BCUT2D eigenvalue weighted by molar-refractivity contribution is 0.121. The van der Waals surface area contributed by atoms with Crippen LogP contribution in [0.4, 0.5) is 4.79 Å². The summed E-state index contributed by atoms with van der Waals surface area (Å²) in [5.41, 5.74) is 0. The number of benzene rings is 2. The molecule has 0 radical (unpaired) electrons. The molecule has 110 valence electrons. The van der Waals surface area contributed by atoms with Crippen molar-refractivity contribution < 1.29 is 24.1 Å². The lowest BCUT2D eigenvalue weighted by Gasteiger charge is -2.09. The van der Waals surface area contributed by atoms with Gasteiger partial charge in [-0.2, -0.15) is 0 Å². The Morgan fingerprint density at radius 3 is 2.24 bits per heavy atom. The van der Waals surface area contributed by atoms with Crippen molar-refractivity contribution in [3.05, 3.63) is 45.3 Å². The number of rotatable bonds is 3. The van der Waals surface area contributed by atoms with E-state index < -0.39 is 6.16 Å². The number of carbonyl (C=O) groups excluding carboxylic acids is 1. The summed E-state index contributed by atoms with van der Waals surface area (Å²) >= 11 is 6.49. The molecule has 0 aliphatic heterocycles. The Bertz CT molecular complexity index is 672. The molecule has 0 fully saturated rings. The van der Waals surface area contributed by atoms with Crippen LogP contribution >= 0.6 is 31.9 Å². The molecule has 5 nitrogen and oxygen atoms in total. The van der Waals surface area contributed by atoms with Crippen LogP contribution < -0.4 is 9.47 Å². The lowest BCUT2D eigenvalue weighted by atomic mass is 10.3. The zero-order valence-electron chi connectivity index (χ0n) is 10.8. The zero-order valence-corrected chi connectivity index (χ0v) is 14.0. The molecule has 0 aliphatic rings. The van der Waals surface area contributed by atoms with E-state index in [1.54, 1.807) is 30.3 Å². The minimum Gasteiger partial charge on any atom is -0.507 e. The van der Waals surface area contributed by atoms with E-state index in [1.807, 2.05) is 0 Å². The van der Waals surface area contributed by atoms with Gasteiger partial charge in [0.2, 0.25) is 0 Å². The molecule has 2 aromatic rings. The molecular formula is C14H10Br2O5. The van der Waals surface area contributed by atoms with Crippen LogP contribution in [0.5, 0.6) is 23.0 Å². The number of hydrogen-bond donors (Lipinski definition) is 1. The molecule has 0 bridgehead atoms. The van der Waals surface area contributed by atoms with E-state index >= 15 is 0 Å². The van der Waals surface area contributed by atoms with Gasteiger partial charge in [-0.25, -0.2) is 4.79 Å². The maximum atomic E-state index is 11.1. The molecule has 0 amide bonds. The van der Waals surface area contributed by atoms with Crippen LogP contribution in [-0.2, 0) is 4.74 Å². The molecule has 21 heavy (non-hydrogen) atoms. The molecule has 7 heteroatoms. The molecule has 0 unspecified atom stereocenters. The average Bonchev–Trinajstić information content (AvgIpc) is 2.45. The van der Waals surface area contributed by atoms with E-state index in [9.17, 15) is 9.90 Å². The van der Waals surface area contributed by atoms with Crippen molar-refractivity contribution >= 4 is 38.0 Å². The molecular weight excluding hydrogens is 408 g/mol. The Kier molecular flexibility index (Phi) is 5.08. The van der Waals surface area contributed by atoms with Crippen LogP contribution in [0.2, 0.25) is 0 Å². The minimum atomic E-state index is -0.799. The molecule has 1 N–H and O–H groups in total. The van der Waals surface area contributed by atoms with Crippen LogP contribution in [0.3, 0.4) is 0 Å². The lowest BCUT2D eigenvalue weighted by Crippen LogP contribution is -2.07. The highest BCUT2D eigenvalue weighted by atomic mass is 79.9. The van der Waals surface area contributed by atoms with E-state index in [2.05, 4.69) is 36.6 Å². The Hall–Kier alpha value is -1.73. The number of phenols is 1. The van der Waals surface area contributed by atoms with Crippen LogP contribution in [0.25, 0.3) is 0 Å². The molecule has 0 heterocycles. The quantitative estimate of drug-likeness (QED) is 0.570. The standard InChI is InChI=1S/C14H10Br2O5/c1-19-14(18)21-13-5-3-9(7-11(13)16)20-8-2-4-12(17)10(15)6-8/h2-7,17H,1H3. The number of ether oxygens (including phenoxy) is 3. The Balaban J connectivity index is 2.16. The zero-order chi connectivity index (χ0) is 15.4. The maximum absolute atomic E-state index is 11.1. The van der Waals surface area contributed by atoms with Crippen molar-refractivity contribution in [1.29, 1.82) is 0 Å². The summed E-state index contributed by atoms with van der Waals surface area (Å²) in [4.78, 5) is 11.1. The smallest absolute Gasteiger partial charge is 0.507 e. The Morgan fingerprint density at radius 2 is 1.67 bits per heavy atom. The summed E-state index contributed by atoms with van der Waals surface area (Å²) in [6.07, 6.45) is -0.799. The van der Waals surface area contributed by atoms with Crippen molar-refractivity contribution in [3.63, 3.8) is 0 Å². The van der Waals surface area contributed by atoms with Crippen LogP contribution in [-0.4, -0.2) is 18.4 Å². The minimum absolute atomic E-state index is 0.130. The van der Waals surface area contributed by atoms with E-state index in [0.717, 1.165) is 0 Å². The first-order valence-electron chi connectivity index (χ1n) is 5.71. The fourth-order valence-corrected chi connectivity index (χ4v) is 2.24.